The van der Waals surface area contributed by atoms with Crippen LogP contribution in [0, 0.1) is 5.92 Å². The lowest BCUT2D eigenvalue weighted by Gasteiger charge is -2.31. The summed E-state index contributed by atoms with van der Waals surface area (Å²) in [4.78, 5) is 20.9. The number of piperidine rings is 1. The number of nitrogens with two attached hydrogens (primary N) is 1. The summed E-state index contributed by atoms with van der Waals surface area (Å²) < 4.78 is 0. The Morgan fingerprint density at radius 2 is 1.81 bits per heavy atom. The maximum atomic E-state index is 11.5. The van der Waals surface area contributed by atoms with Gasteiger partial charge < -0.3 is 21.3 Å². The number of likely N-dealkylation sites (tertiary alicyclic amines) is 2. The van der Waals surface area contributed by atoms with Crippen molar-refractivity contribution in [3.05, 3.63) is 35.4 Å². The lowest BCUT2D eigenvalue weighted by atomic mass is 9.97. The van der Waals surface area contributed by atoms with E-state index in [0.29, 0.717) is 0 Å². The largest absolute Gasteiger partial charge is 0.369 e. The molecule has 2 heterocycles. The van der Waals surface area contributed by atoms with Crippen LogP contribution >= 0.6 is 0 Å². The topological polar surface area (TPSA) is 86.0 Å². The third kappa shape index (κ3) is 8.43. The molecular weight excluding hydrogens is 400 g/mol. The molecule has 2 aliphatic rings. The number of carbonyl (C=O) groups is 1. The highest BCUT2D eigenvalue weighted by Gasteiger charge is 2.23. The third-order valence-electron chi connectivity index (χ3n) is 6.63. The van der Waals surface area contributed by atoms with E-state index in [-0.39, 0.29) is 11.8 Å². The summed E-state index contributed by atoms with van der Waals surface area (Å²) in [7, 11) is 1.83. The van der Waals surface area contributed by atoms with Crippen molar-refractivity contribution in [2.75, 3.05) is 46.3 Å². The van der Waals surface area contributed by atoms with Crippen molar-refractivity contribution in [2.24, 2.45) is 16.6 Å². The first kappa shape index (κ1) is 24.5. The van der Waals surface area contributed by atoms with Gasteiger partial charge in [-0.1, -0.05) is 37.1 Å². The van der Waals surface area contributed by atoms with Gasteiger partial charge in [-0.05, 0) is 69.4 Å². The van der Waals surface area contributed by atoms with Crippen molar-refractivity contribution in [1.29, 1.82) is 0 Å². The van der Waals surface area contributed by atoms with E-state index in [1.54, 1.807) is 0 Å². The van der Waals surface area contributed by atoms with E-state index in [0.717, 1.165) is 57.9 Å². The maximum absolute atomic E-state index is 11.5. The van der Waals surface area contributed by atoms with E-state index in [4.69, 9.17) is 5.73 Å². The van der Waals surface area contributed by atoms with E-state index < -0.39 is 0 Å². The van der Waals surface area contributed by atoms with Crippen molar-refractivity contribution in [2.45, 2.75) is 58.0 Å². The van der Waals surface area contributed by atoms with Crippen LogP contribution in [0.5, 0.6) is 0 Å². The van der Waals surface area contributed by atoms with Crippen LogP contribution in [0.15, 0.2) is 29.3 Å². The van der Waals surface area contributed by atoms with Gasteiger partial charge in [0.2, 0.25) is 5.91 Å². The maximum Gasteiger partial charge on any atom is 0.221 e. The van der Waals surface area contributed by atoms with Crippen LogP contribution < -0.4 is 16.4 Å². The molecule has 7 heteroatoms. The third-order valence-corrected chi connectivity index (χ3v) is 6.63. The van der Waals surface area contributed by atoms with E-state index in [9.17, 15) is 4.79 Å². The van der Waals surface area contributed by atoms with E-state index in [2.05, 4.69) is 49.7 Å². The number of aliphatic imine (C=N–C) groups is 1. The average Bonchev–Trinajstić information content (AvgIpc) is 3.08. The molecule has 1 aromatic carbocycles. The predicted octanol–water partition coefficient (Wildman–Crippen LogP) is 2.32. The number of carbonyl (C=O) groups excluding carboxylic acids is 1. The number of amides is 1. The normalized spacial score (nSPS) is 21.2. The molecule has 0 radical (unpaired) electrons. The standard InChI is InChI=1S/C25H42N6O/c1-27-25(28-12-8-16-30-13-4-2-3-5-14-30)29-18-21-9-6-10-22(17-21)19-31-15-7-11-23(20-31)24(26)32/h6,9-10,17,23H,2-5,7-8,11-16,18-20H2,1H3,(H2,26,32)(H2,27,28,29). The predicted molar refractivity (Wildman–Crippen MR) is 131 cm³/mol. The summed E-state index contributed by atoms with van der Waals surface area (Å²) in [5.41, 5.74) is 8.03. The molecule has 2 aliphatic heterocycles. The lowest BCUT2D eigenvalue weighted by molar-refractivity contribution is -0.123. The van der Waals surface area contributed by atoms with Crippen molar-refractivity contribution in [3.8, 4) is 0 Å². The highest BCUT2D eigenvalue weighted by atomic mass is 16.1. The van der Waals surface area contributed by atoms with Crippen molar-refractivity contribution >= 4 is 11.9 Å². The number of hydrogen-bond acceptors (Lipinski definition) is 4. The number of nitrogens with zero attached hydrogens (tertiary/aromatic N) is 3. The van der Waals surface area contributed by atoms with Crippen LogP contribution in [0.1, 0.15) is 56.1 Å². The van der Waals surface area contributed by atoms with Gasteiger partial charge in [-0.3, -0.25) is 14.7 Å². The van der Waals surface area contributed by atoms with Crippen molar-refractivity contribution in [3.63, 3.8) is 0 Å². The molecule has 32 heavy (non-hydrogen) atoms. The quantitative estimate of drug-likeness (QED) is 0.310. The van der Waals surface area contributed by atoms with Crippen LogP contribution in [-0.2, 0) is 17.9 Å². The molecule has 0 aromatic heterocycles. The summed E-state index contributed by atoms with van der Waals surface area (Å²) in [6.07, 6.45) is 8.56. The minimum absolute atomic E-state index is 0.0117. The van der Waals surface area contributed by atoms with Gasteiger partial charge in [0, 0.05) is 33.2 Å². The molecule has 1 atom stereocenters. The fourth-order valence-electron chi connectivity index (χ4n) is 4.80. The Labute approximate surface area is 193 Å². The minimum Gasteiger partial charge on any atom is -0.369 e. The van der Waals surface area contributed by atoms with Gasteiger partial charge in [0.15, 0.2) is 5.96 Å². The summed E-state index contributed by atoms with van der Waals surface area (Å²) in [6.45, 7) is 8.01. The second-order valence-corrected chi connectivity index (χ2v) is 9.26. The number of hydrogen-bond donors (Lipinski definition) is 3. The molecule has 0 saturated carbocycles. The summed E-state index contributed by atoms with van der Waals surface area (Å²) in [5, 5.41) is 6.89. The summed E-state index contributed by atoms with van der Waals surface area (Å²) in [5.74, 6) is 0.673. The number of nitrogens with one attached hydrogen (secondary N) is 2. The molecular formula is C25H42N6O. The van der Waals surface area contributed by atoms with Gasteiger partial charge >= 0.3 is 0 Å². The van der Waals surface area contributed by atoms with Crippen molar-refractivity contribution < 1.29 is 4.79 Å². The number of benzene rings is 1. The number of rotatable bonds is 9. The van der Waals surface area contributed by atoms with Crippen LogP contribution in [0.4, 0.5) is 0 Å². The Balaban J connectivity index is 1.38. The number of primary amides is 1. The van der Waals surface area contributed by atoms with Gasteiger partial charge in [0.25, 0.3) is 0 Å². The Morgan fingerprint density at radius 1 is 1.06 bits per heavy atom. The first-order valence-corrected chi connectivity index (χ1v) is 12.4. The first-order valence-electron chi connectivity index (χ1n) is 12.4. The van der Waals surface area contributed by atoms with Gasteiger partial charge in [-0.25, -0.2) is 0 Å². The molecule has 0 aliphatic carbocycles. The van der Waals surface area contributed by atoms with Crippen molar-refractivity contribution in [1.82, 2.24) is 20.4 Å². The van der Waals surface area contributed by atoms with Crippen LogP contribution in [0.25, 0.3) is 0 Å². The smallest absolute Gasteiger partial charge is 0.221 e. The SMILES string of the molecule is CN=C(NCCCN1CCCCCC1)NCc1cccc(CN2CCCC(C(N)=O)C2)c1. The van der Waals surface area contributed by atoms with Crippen LogP contribution in [-0.4, -0.2) is 68.0 Å². The Bertz CT molecular complexity index is 729. The first-order chi connectivity index (χ1) is 15.6. The fraction of sp³-hybridized carbons (Fsp3) is 0.680. The zero-order valence-electron chi connectivity index (χ0n) is 19.8. The van der Waals surface area contributed by atoms with Gasteiger partial charge in [-0.2, -0.15) is 0 Å². The minimum atomic E-state index is -0.169. The van der Waals surface area contributed by atoms with E-state index >= 15 is 0 Å². The lowest BCUT2D eigenvalue weighted by Crippen LogP contribution is -2.40. The summed E-state index contributed by atoms with van der Waals surface area (Å²) in [6, 6.07) is 8.66. The number of guanidine groups is 1. The Morgan fingerprint density at radius 3 is 2.56 bits per heavy atom. The van der Waals surface area contributed by atoms with E-state index in [1.807, 2.05) is 7.05 Å². The molecule has 0 spiro atoms. The molecule has 1 aromatic rings. The second-order valence-electron chi connectivity index (χ2n) is 9.26. The monoisotopic (exact) mass is 442 g/mol. The molecule has 7 nitrogen and oxygen atoms in total. The van der Waals surface area contributed by atoms with Gasteiger partial charge in [-0.15, -0.1) is 0 Å². The molecule has 1 amide bonds. The van der Waals surface area contributed by atoms with Crippen LogP contribution in [0.2, 0.25) is 0 Å². The Kier molecular flexibility index (Phi) is 10.3. The summed E-state index contributed by atoms with van der Waals surface area (Å²) >= 11 is 0. The average molecular weight is 443 g/mol. The Hall–Kier alpha value is -2.12. The molecule has 2 fully saturated rings. The molecule has 3 rings (SSSR count). The van der Waals surface area contributed by atoms with Crippen LogP contribution in [0.3, 0.4) is 0 Å². The second kappa shape index (κ2) is 13.4. The highest BCUT2D eigenvalue weighted by Crippen LogP contribution is 2.18. The molecule has 4 N–H and O–H groups in total. The fourth-order valence-corrected chi connectivity index (χ4v) is 4.80. The van der Waals surface area contributed by atoms with Gasteiger partial charge in [0.1, 0.15) is 0 Å². The van der Waals surface area contributed by atoms with E-state index in [1.165, 1.54) is 56.4 Å². The zero-order valence-corrected chi connectivity index (χ0v) is 19.8. The van der Waals surface area contributed by atoms with Gasteiger partial charge in [0.05, 0.1) is 5.92 Å². The molecule has 178 valence electrons. The zero-order chi connectivity index (χ0) is 22.6. The highest BCUT2D eigenvalue weighted by molar-refractivity contribution is 5.79. The molecule has 2 saturated heterocycles. The molecule has 0 bridgehead atoms. The molecule has 1 unspecified atom stereocenters.